The molecule has 5 heteroatoms. The molecular weight excluding hydrogens is 290 g/mol. The Morgan fingerprint density at radius 1 is 1.04 bits per heavy atom. The summed E-state index contributed by atoms with van der Waals surface area (Å²) in [6.07, 6.45) is 0. The number of anilines is 1. The highest BCUT2D eigenvalue weighted by Crippen LogP contribution is 2.16. The standard InChI is InChI=1S/C18H21N3O2/c1-11-8-12(2)15(13(3)9-11)10-20-18(23)21-17(22)14-6-4-5-7-16(14)19/h4-9H,10,19H2,1-3H3,(H2,20,21,22,23). The molecule has 0 radical (unpaired) electrons. The summed E-state index contributed by atoms with van der Waals surface area (Å²) < 4.78 is 0. The van der Waals surface area contributed by atoms with Crippen molar-refractivity contribution in [3.05, 3.63) is 64.2 Å². The van der Waals surface area contributed by atoms with E-state index < -0.39 is 11.9 Å². The van der Waals surface area contributed by atoms with E-state index in [0.717, 1.165) is 16.7 Å². The van der Waals surface area contributed by atoms with Gasteiger partial charge in [-0.05, 0) is 49.6 Å². The van der Waals surface area contributed by atoms with Crippen LogP contribution in [0.15, 0.2) is 36.4 Å². The summed E-state index contributed by atoms with van der Waals surface area (Å²) in [5.41, 5.74) is 10.8. The van der Waals surface area contributed by atoms with E-state index in [0.29, 0.717) is 12.2 Å². The molecule has 0 spiro atoms. The van der Waals surface area contributed by atoms with Crippen LogP contribution in [-0.4, -0.2) is 11.9 Å². The summed E-state index contributed by atoms with van der Waals surface area (Å²) in [4.78, 5) is 23.9. The van der Waals surface area contributed by atoms with Gasteiger partial charge in [0.05, 0.1) is 5.56 Å². The van der Waals surface area contributed by atoms with Gasteiger partial charge in [0.1, 0.15) is 0 Å². The topological polar surface area (TPSA) is 84.2 Å². The molecule has 0 aliphatic carbocycles. The average molecular weight is 311 g/mol. The summed E-state index contributed by atoms with van der Waals surface area (Å²) in [6, 6.07) is 10.2. The molecule has 23 heavy (non-hydrogen) atoms. The first-order valence-electron chi connectivity index (χ1n) is 7.39. The Hall–Kier alpha value is -2.82. The molecule has 0 unspecified atom stereocenters. The number of hydrogen-bond donors (Lipinski definition) is 3. The number of aryl methyl sites for hydroxylation is 3. The molecule has 0 saturated carbocycles. The summed E-state index contributed by atoms with van der Waals surface area (Å²) in [5, 5.41) is 5.00. The van der Waals surface area contributed by atoms with Gasteiger partial charge in [0.25, 0.3) is 5.91 Å². The van der Waals surface area contributed by atoms with E-state index in [4.69, 9.17) is 5.73 Å². The van der Waals surface area contributed by atoms with Crippen LogP contribution >= 0.6 is 0 Å². The maximum atomic E-state index is 12.0. The van der Waals surface area contributed by atoms with Gasteiger partial charge in [-0.25, -0.2) is 4.79 Å². The number of nitrogens with two attached hydrogens (primary N) is 1. The van der Waals surface area contributed by atoms with Gasteiger partial charge in [-0.3, -0.25) is 10.1 Å². The second-order valence-electron chi connectivity index (χ2n) is 5.60. The number of amides is 3. The van der Waals surface area contributed by atoms with Gasteiger partial charge in [-0.1, -0.05) is 29.8 Å². The van der Waals surface area contributed by atoms with Gasteiger partial charge in [0, 0.05) is 12.2 Å². The average Bonchev–Trinajstić information content (AvgIpc) is 2.46. The zero-order valence-electron chi connectivity index (χ0n) is 13.6. The van der Waals surface area contributed by atoms with Crippen molar-refractivity contribution in [3.63, 3.8) is 0 Å². The molecule has 0 fully saturated rings. The van der Waals surface area contributed by atoms with Crippen LogP contribution < -0.4 is 16.4 Å². The Bertz CT molecular complexity index is 731. The smallest absolute Gasteiger partial charge is 0.321 e. The molecule has 0 aromatic heterocycles. The SMILES string of the molecule is Cc1cc(C)c(CNC(=O)NC(=O)c2ccccc2N)c(C)c1. The van der Waals surface area contributed by atoms with Gasteiger partial charge in [-0.15, -0.1) is 0 Å². The fourth-order valence-corrected chi connectivity index (χ4v) is 2.58. The second-order valence-corrected chi connectivity index (χ2v) is 5.60. The summed E-state index contributed by atoms with van der Waals surface area (Å²) in [7, 11) is 0. The number of imide groups is 1. The molecule has 0 heterocycles. The number of urea groups is 1. The van der Waals surface area contributed by atoms with Crippen molar-refractivity contribution >= 4 is 17.6 Å². The molecule has 0 saturated heterocycles. The Morgan fingerprint density at radius 3 is 2.26 bits per heavy atom. The van der Waals surface area contributed by atoms with Gasteiger partial charge in [0.2, 0.25) is 0 Å². The van der Waals surface area contributed by atoms with Crippen LogP contribution in [0.2, 0.25) is 0 Å². The molecule has 2 rings (SSSR count). The summed E-state index contributed by atoms with van der Waals surface area (Å²) in [5.74, 6) is -0.516. The lowest BCUT2D eigenvalue weighted by atomic mass is 10.00. The van der Waals surface area contributed by atoms with E-state index in [1.165, 1.54) is 5.56 Å². The fraction of sp³-hybridized carbons (Fsp3) is 0.222. The van der Waals surface area contributed by atoms with Crippen LogP contribution in [0.5, 0.6) is 0 Å². The van der Waals surface area contributed by atoms with Gasteiger partial charge >= 0.3 is 6.03 Å². The van der Waals surface area contributed by atoms with Crippen molar-refractivity contribution in [1.29, 1.82) is 0 Å². The number of hydrogen-bond acceptors (Lipinski definition) is 3. The lowest BCUT2D eigenvalue weighted by Gasteiger charge is -2.13. The van der Waals surface area contributed by atoms with E-state index in [2.05, 4.69) is 22.8 Å². The highest BCUT2D eigenvalue weighted by molar-refractivity contribution is 6.07. The molecule has 2 aromatic rings. The quantitative estimate of drug-likeness (QED) is 0.762. The molecule has 4 N–H and O–H groups in total. The fourth-order valence-electron chi connectivity index (χ4n) is 2.58. The minimum Gasteiger partial charge on any atom is -0.398 e. The normalized spacial score (nSPS) is 10.2. The van der Waals surface area contributed by atoms with Crippen molar-refractivity contribution < 1.29 is 9.59 Å². The zero-order chi connectivity index (χ0) is 17.0. The van der Waals surface area contributed by atoms with Crippen molar-refractivity contribution in [2.75, 3.05) is 5.73 Å². The first kappa shape index (κ1) is 16.5. The van der Waals surface area contributed by atoms with Crippen LogP contribution in [0.4, 0.5) is 10.5 Å². The number of rotatable bonds is 3. The first-order valence-corrected chi connectivity index (χ1v) is 7.39. The van der Waals surface area contributed by atoms with Crippen molar-refractivity contribution in [2.24, 2.45) is 0 Å². The zero-order valence-corrected chi connectivity index (χ0v) is 13.6. The van der Waals surface area contributed by atoms with Crippen LogP contribution in [0, 0.1) is 20.8 Å². The van der Waals surface area contributed by atoms with Crippen molar-refractivity contribution in [1.82, 2.24) is 10.6 Å². The monoisotopic (exact) mass is 311 g/mol. The first-order chi connectivity index (χ1) is 10.9. The number of para-hydroxylation sites is 1. The Balaban J connectivity index is 1.99. The number of benzene rings is 2. The van der Waals surface area contributed by atoms with Gasteiger partial charge in [-0.2, -0.15) is 0 Å². The van der Waals surface area contributed by atoms with E-state index in [1.54, 1.807) is 24.3 Å². The number of nitrogens with one attached hydrogen (secondary N) is 2. The van der Waals surface area contributed by atoms with Crippen molar-refractivity contribution in [3.8, 4) is 0 Å². The minimum atomic E-state index is -0.544. The van der Waals surface area contributed by atoms with Crippen LogP contribution in [-0.2, 0) is 6.54 Å². The molecule has 0 atom stereocenters. The van der Waals surface area contributed by atoms with E-state index in [1.807, 2.05) is 20.8 Å². The third-order valence-electron chi connectivity index (χ3n) is 3.70. The number of carbonyl (C=O) groups is 2. The molecular formula is C18H21N3O2. The minimum absolute atomic E-state index is 0.283. The maximum Gasteiger partial charge on any atom is 0.321 e. The van der Waals surface area contributed by atoms with Crippen LogP contribution in [0.25, 0.3) is 0 Å². The molecule has 0 aliphatic rings. The van der Waals surface area contributed by atoms with Crippen molar-refractivity contribution in [2.45, 2.75) is 27.3 Å². The Kier molecular flexibility index (Phi) is 5.01. The Labute approximate surface area is 135 Å². The van der Waals surface area contributed by atoms with Crippen LogP contribution in [0.3, 0.4) is 0 Å². The maximum absolute atomic E-state index is 12.0. The largest absolute Gasteiger partial charge is 0.398 e. The lowest BCUT2D eigenvalue weighted by molar-refractivity contribution is 0.0965. The summed E-state index contributed by atoms with van der Waals surface area (Å²) in [6.45, 7) is 6.41. The van der Waals surface area contributed by atoms with Gasteiger partial charge in [0.15, 0.2) is 0 Å². The predicted molar refractivity (Wildman–Crippen MR) is 91.2 cm³/mol. The molecule has 3 amide bonds. The molecule has 2 aromatic carbocycles. The predicted octanol–water partition coefficient (Wildman–Crippen LogP) is 2.83. The summed E-state index contributed by atoms with van der Waals surface area (Å²) >= 11 is 0. The second kappa shape index (κ2) is 6.96. The number of carbonyl (C=O) groups excluding carboxylic acids is 2. The molecule has 0 aliphatic heterocycles. The highest BCUT2D eigenvalue weighted by Gasteiger charge is 2.13. The van der Waals surface area contributed by atoms with E-state index >= 15 is 0 Å². The molecule has 0 bridgehead atoms. The van der Waals surface area contributed by atoms with E-state index in [9.17, 15) is 9.59 Å². The molecule has 5 nitrogen and oxygen atoms in total. The van der Waals surface area contributed by atoms with Gasteiger partial charge < -0.3 is 11.1 Å². The van der Waals surface area contributed by atoms with Crippen LogP contribution in [0.1, 0.15) is 32.6 Å². The van der Waals surface area contributed by atoms with E-state index in [-0.39, 0.29) is 5.56 Å². The molecule has 120 valence electrons. The lowest BCUT2D eigenvalue weighted by Crippen LogP contribution is -2.39. The highest BCUT2D eigenvalue weighted by atomic mass is 16.2. The third-order valence-corrected chi connectivity index (χ3v) is 3.70. The third kappa shape index (κ3) is 4.10. The number of nitrogen functional groups attached to an aromatic ring is 1. The Morgan fingerprint density at radius 2 is 1.65 bits per heavy atom.